The number of ether oxygens (including phenoxy) is 5. The Hall–Kier alpha value is -4.22. The summed E-state index contributed by atoms with van der Waals surface area (Å²) in [6.45, 7) is 6.36. The molecule has 3 atom stereocenters. The van der Waals surface area contributed by atoms with Crippen molar-refractivity contribution in [2.24, 2.45) is 0 Å². The van der Waals surface area contributed by atoms with Gasteiger partial charge in [-0.2, -0.15) is 0 Å². The van der Waals surface area contributed by atoms with Gasteiger partial charge in [-0.05, 0) is 80.6 Å². The van der Waals surface area contributed by atoms with E-state index in [1.807, 2.05) is 51.1 Å². The number of hydrogen-bond acceptors (Lipinski definition) is 7. The molecule has 1 saturated heterocycles. The van der Waals surface area contributed by atoms with Crippen LogP contribution in [0.2, 0.25) is 0 Å². The molecule has 45 heavy (non-hydrogen) atoms. The minimum absolute atomic E-state index is 0.0581. The second-order valence-electron chi connectivity index (χ2n) is 12.6. The van der Waals surface area contributed by atoms with Crippen LogP contribution in [0.5, 0.6) is 17.2 Å². The molecule has 7 rings (SSSR count). The predicted molar refractivity (Wildman–Crippen MR) is 157 cm³/mol. The Morgan fingerprint density at radius 2 is 1.76 bits per heavy atom. The van der Waals surface area contributed by atoms with Crippen molar-refractivity contribution in [2.75, 3.05) is 13.2 Å². The first-order valence-corrected chi connectivity index (χ1v) is 15.1. The predicted octanol–water partition coefficient (Wildman–Crippen LogP) is 5.61. The summed E-state index contributed by atoms with van der Waals surface area (Å²) < 4.78 is 54.2. The number of benzene rings is 3. The van der Waals surface area contributed by atoms with Crippen molar-refractivity contribution < 1.29 is 42.1 Å². The van der Waals surface area contributed by atoms with Gasteiger partial charge in [0, 0.05) is 24.1 Å². The van der Waals surface area contributed by atoms with Gasteiger partial charge < -0.3 is 34.3 Å². The average molecular weight is 621 g/mol. The number of amides is 2. The first-order chi connectivity index (χ1) is 21.4. The van der Waals surface area contributed by atoms with Crippen LogP contribution in [-0.2, 0) is 19.7 Å². The van der Waals surface area contributed by atoms with Gasteiger partial charge in [0.25, 0.3) is 5.91 Å². The van der Waals surface area contributed by atoms with Gasteiger partial charge in [-0.15, -0.1) is 8.78 Å². The number of nitrogens with one attached hydrogen (secondary N) is 2. The van der Waals surface area contributed by atoms with Gasteiger partial charge in [0.05, 0.1) is 18.1 Å². The van der Waals surface area contributed by atoms with E-state index < -0.39 is 23.6 Å². The maximum absolute atomic E-state index is 13.9. The minimum atomic E-state index is -3.73. The highest BCUT2D eigenvalue weighted by Gasteiger charge is 2.53. The van der Waals surface area contributed by atoms with E-state index in [1.54, 1.807) is 18.2 Å². The Balaban J connectivity index is 1.09. The highest BCUT2D eigenvalue weighted by Crippen LogP contribution is 2.53. The zero-order valence-electron chi connectivity index (χ0n) is 25.2. The summed E-state index contributed by atoms with van der Waals surface area (Å²) in [6, 6.07) is 17.3. The van der Waals surface area contributed by atoms with E-state index >= 15 is 0 Å². The highest BCUT2D eigenvalue weighted by molar-refractivity contribution is 5.94. The molecule has 1 unspecified atom stereocenters. The fraction of sp³-hybridized carbons (Fsp3) is 0.412. The van der Waals surface area contributed by atoms with Gasteiger partial charge in [0.1, 0.15) is 18.0 Å². The first kappa shape index (κ1) is 29.5. The van der Waals surface area contributed by atoms with Crippen LogP contribution >= 0.6 is 0 Å². The number of hydrogen-bond donors (Lipinski definition) is 2. The summed E-state index contributed by atoms with van der Waals surface area (Å²) in [5.41, 5.74) is 2.89. The van der Waals surface area contributed by atoms with Crippen LogP contribution in [0.4, 0.5) is 8.78 Å². The fourth-order valence-electron chi connectivity index (χ4n) is 6.28. The number of rotatable bonds is 7. The Labute approximate surface area is 259 Å². The van der Waals surface area contributed by atoms with Crippen LogP contribution in [-0.4, -0.2) is 43.2 Å². The molecule has 2 N–H and O–H groups in total. The fourth-order valence-corrected chi connectivity index (χ4v) is 6.28. The van der Waals surface area contributed by atoms with Gasteiger partial charge in [0.2, 0.25) is 5.91 Å². The molecule has 236 valence electrons. The molecule has 0 radical (unpaired) electrons. The topological polar surface area (TPSA) is 104 Å². The van der Waals surface area contributed by atoms with Crippen molar-refractivity contribution in [2.45, 2.75) is 75.8 Å². The Morgan fingerprint density at radius 1 is 0.956 bits per heavy atom. The van der Waals surface area contributed by atoms with Crippen molar-refractivity contribution in [1.82, 2.24) is 10.6 Å². The lowest BCUT2D eigenvalue weighted by molar-refractivity contribution is -0.286. The normalized spacial score (nSPS) is 24.7. The van der Waals surface area contributed by atoms with Crippen molar-refractivity contribution in [3.05, 3.63) is 88.5 Å². The number of halogens is 2. The van der Waals surface area contributed by atoms with Gasteiger partial charge in [-0.3, -0.25) is 9.59 Å². The van der Waals surface area contributed by atoms with Crippen molar-refractivity contribution in [1.29, 1.82) is 0 Å². The minimum Gasteiger partial charge on any atom is -0.485 e. The highest BCUT2D eigenvalue weighted by atomic mass is 19.3. The lowest BCUT2D eigenvalue weighted by Gasteiger charge is -2.34. The van der Waals surface area contributed by atoms with Crippen LogP contribution in [0.15, 0.2) is 60.7 Å². The molecule has 0 spiro atoms. The van der Waals surface area contributed by atoms with Crippen LogP contribution in [0.1, 0.15) is 77.9 Å². The molecule has 0 aromatic heterocycles. The molecule has 1 saturated carbocycles. The number of carbonyl (C=O) groups excluding carboxylic acids is 2. The lowest BCUT2D eigenvalue weighted by atomic mass is 9.89. The summed E-state index contributed by atoms with van der Waals surface area (Å²) in [4.78, 5) is 26.9. The molecule has 2 fully saturated rings. The van der Waals surface area contributed by atoms with Crippen LogP contribution in [0, 0.1) is 6.92 Å². The first-order valence-electron chi connectivity index (χ1n) is 15.1. The molecule has 3 aliphatic heterocycles. The average Bonchev–Trinajstić information content (AvgIpc) is 3.65. The second kappa shape index (κ2) is 10.7. The van der Waals surface area contributed by atoms with E-state index in [9.17, 15) is 18.4 Å². The molecule has 3 aromatic carbocycles. The van der Waals surface area contributed by atoms with Crippen molar-refractivity contribution in [3.8, 4) is 17.2 Å². The Morgan fingerprint density at radius 3 is 2.51 bits per heavy atom. The molecule has 0 bridgehead atoms. The monoisotopic (exact) mass is 620 g/mol. The molecule has 2 amide bonds. The number of alkyl halides is 2. The lowest BCUT2D eigenvalue weighted by Crippen LogP contribution is -2.39. The zero-order chi connectivity index (χ0) is 31.6. The Kier molecular flexibility index (Phi) is 7.01. The summed E-state index contributed by atoms with van der Waals surface area (Å²) in [6.07, 6.45) is -2.81. The standard InChI is InChI=1S/C34H34F2N2O7/c1-19-7-9-24-25(38-31(40)33(11-12-33)22-8-10-26-29(15-22)45-34(35,36)44-26)16-27(42-28(24)13-19)20-5-4-6-21(14-20)30(39)37-17-23-18-41-32(2,3)43-23/h4-10,13-15,23,25,27H,11-12,16-18H2,1-3H3,(H,37,39)(H,38,40)/t23?,25-,27-/m1/s1. The number of aryl methyl sites for hydroxylation is 1. The zero-order valence-corrected chi connectivity index (χ0v) is 25.2. The third-order valence-electron chi connectivity index (χ3n) is 8.79. The van der Waals surface area contributed by atoms with Crippen LogP contribution in [0.3, 0.4) is 0 Å². The summed E-state index contributed by atoms with van der Waals surface area (Å²) in [7, 11) is 0. The Bertz CT molecular complexity index is 1670. The quantitative estimate of drug-likeness (QED) is 0.354. The molecule has 3 aromatic rings. The third kappa shape index (κ3) is 5.82. The van der Waals surface area contributed by atoms with Crippen LogP contribution < -0.4 is 24.8 Å². The van der Waals surface area contributed by atoms with E-state index in [0.29, 0.717) is 49.3 Å². The molecular formula is C34H34F2N2O7. The third-order valence-corrected chi connectivity index (χ3v) is 8.79. The van der Waals surface area contributed by atoms with Crippen molar-refractivity contribution >= 4 is 11.8 Å². The van der Waals surface area contributed by atoms with E-state index in [1.165, 1.54) is 12.1 Å². The SMILES string of the molecule is Cc1ccc2c(c1)O[C@@H](c1cccc(C(=O)NCC3COC(C)(C)O3)c1)C[C@H]2NC(=O)C1(c2ccc3c(c2)OC(F)(F)O3)CC1. The molecule has 11 heteroatoms. The second-order valence-corrected chi connectivity index (χ2v) is 12.6. The molecule has 1 aliphatic carbocycles. The van der Waals surface area contributed by atoms with E-state index in [4.69, 9.17) is 14.2 Å². The van der Waals surface area contributed by atoms with E-state index in [2.05, 4.69) is 20.1 Å². The largest absolute Gasteiger partial charge is 0.586 e. The van der Waals surface area contributed by atoms with Crippen LogP contribution in [0.25, 0.3) is 0 Å². The smallest absolute Gasteiger partial charge is 0.485 e. The maximum atomic E-state index is 13.9. The van der Waals surface area contributed by atoms with Crippen molar-refractivity contribution in [3.63, 3.8) is 0 Å². The molecule has 3 heterocycles. The van der Waals surface area contributed by atoms with Gasteiger partial charge in [-0.25, -0.2) is 0 Å². The summed E-state index contributed by atoms with van der Waals surface area (Å²) in [5.74, 6) is -0.588. The number of fused-ring (bicyclic) bond motifs is 2. The maximum Gasteiger partial charge on any atom is 0.586 e. The summed E-state index contributed by atoms with van der Waals surface area (Å²) >= 11 is 0. The molecular weight excluding hydrogens is 586 g/mol. The molecule has 9 nitrogen and oxygen atoms in total. The van der Waals surface area contributed by atoms with Gasteiger partial charge in [-0.1, -0.05) is 30.3 Å². The number of carbonyl (C=O) groups is 2. The van der Waals surface area contributed by atoms with E-state index in [-0.39, 0.29) is 35.5 Å². The van der Waals surface area contributed by atoms with Gasteiger partial charge >= 0.3 is 6.29 Å². The summed E-state index contributed by atoms with van der Waals surface area (Å²) in [5, 5.41) is 6.16. The van der Waals surface area contributed by atoms with E-state index in [0.717, 1.165) is 16.7 Å². The molecule has 4 aliphatic rings. The van der Waals surface area contributed by atoms with Gasteiger partial charge in [0.15, 0.2) is 17.3 Å².